The van der Waals surface area contributed by atoms with Crippen LogP contribution in [0.1, 0.15) is 12.6 Å². The number of ether oxygens (including phenoxy) is 3. The van der Waals surface area contributed by atoms with E-state index in [1.807, 2.05) is 37.3 Å². The summed E-state index contributed by atoms with van der Waals surface area (Å²) in [6.07, 6.45) is 4.00. The van der Waals surface area contributed by atoms with Crippen LogP contribution in [0.15, 0.2) is 59.7 Å². The maximum atomic E-state index is 13.6. The van der Waals surface area contributed by atoms with Gasteiger partial charge in [-0.05, 0) is 30.2 Å². The monoisotopic (exact) mass is 490 g/mol. The molecule has 0 amide bonds. The first-order valence-corrected chi connectivity index (χ1v) is 11.4. The standard InChI is InChI=1S/C26H23ClN4O4/c1-5-19-23(15-7-6-8-16(27)11-15)25-28-14-18-20(31(25)29-19)9-10-30(26(18)32)17-12-21(33-2)24(35-4)22(13-17)34-3/h6-14H,5H2,1-4H3. The summed E-state index contributed by atoms with van der Waals surface area (Å²) in [5, 5.41) is 5.86. The van der Waals surface area contributed by atoms with E-state index in [0.717, 1.165) is 16.8 Å². The highest BCUT2D eigenvalue weighted by Gasteiger charge is 2.19. The summed E-state index contributed by atoms with van der Waals surface area (Å²) in [7, 11) is 4.60. The zero-order valence-corrected chi connectivity index (χ0v) is 20.5. The molecular weight excluding hydrogens is 468 g/mol. The number of pyridine rings is 1. The minimum absolute atomic E-state index is 0.246. The van der Waals surface area contributed by atoms with Gasteiger partial charge in [0, 0.05) is 35.1 Å². The van der Waals surface area contributed by atoms with Gasteiger partial charge in [-0.25, -0.2) is 9.50 Å². The van der Waals surface area contributed by atoms with Crippen molar-refractivity contribution in [3.05, 3.63) is 75.9 Å². The average molecular weight is 491 g/mol. The number of fused-ring (bicyclic) bond motifs is 3. The van der Waals surface area contributed by atoms with Gasteiger partial charge >= 0.3 is 0 Å². The third-order valence-electron chi connectivity index (χ3n) is 5.96. The lowest BCUT2D eigenvalue weighted by Crippen LogP contribution is -2.19. The van der Waals surface area contributed by atoms with E-state index in [4.69, 9.17) is 30.9 Å². The van der Waals surface area contributed by atoms with Gasteiger partial charge in [-0.1, -0.05) is 30.7 Å². The normalized spacial score (nSPS) is 11.2. The Balaban J connectivity index is 1.74. The SMILES string of the molecule is CCc1nn2c(ncc3c(=O)n(-c4cc(OC)c(OC)c(OC)c4)ccc32)c1-c1cccc(Cl)c1. The summed E-state index contributed by atoms with van der Waals surface area (Å²) < 4.78 is 19.5. The second-order valence-electron chi connectivity index (χ2n) is 7.85. The van der Waals surface area contributed by atoms with Crippen molar-refractivity contribution >= 4 is 28.2 Å². The fourth-order valence-electron chi connectivity index (χ4n) is 4.31. The van der Waals surface area contributed by atoms with Crippen LogP contribution in [0.4, 0.5) is 0 Å². The van der Waals surface area contributed by atoms with Gasteiger partial charge in [0.1, 0.15) is 0 Å². The molecule has 0 N–H and O–H groups in total. The van der Waals surface area contributed by atoms with Gasteiger partial charge in [-0.2, -0.15) is 5.10 Å². The highest BCUT2D eigenvalue weighted by molar-refractivity contribution is 6.30. The van der Waals surface area contributed by atoms with Gasteiger partial charge in [-0.15, -0.1) is 0 Å². The summed E-state index contributed by atoms with van der Waals surface area (Å²) in [5.41, 5.74) is 4.37. The van der Waals surface area contributed by atoms with Gasteiger partial charge in [-0.3, -0.25) is 9.36 Å². The minimum atomic E-state index is -0.246. The Bertz CT molecular complexity index is 1620. The third-order valence-corrected chi connectivity index (χ3v) is 6.20. The van der Waals surface area contributed by atoms with Crippen LogP contribution in [-0.4, -0.2) is 40.5 Å². The molecule has 0 saturated carbocycles. The van der Waals surface area contributed by atoms with Crippen molar-refractivity contribution in [2.75, 3.05) is 21.3 Å². The largest absolute Gasteiger partial charge is 0.493 e. The Morgan fingerprint density at radius 1 is 1.00 bits per heavy atom. The topological polar surface area (TPSA) is 79.9 Å². The molecule has 8 nitrogen and oxygen atoms in total. The highest BCUT2D eigenvalue weighted by atomic mass is 35.5. The zero-order chi connectivity index (χ0) is 24.7. The number of nitrogens with zero attached hydrogens (tertiary/aromatic N) is 4. The fourth-order valence-corrected chi connectivity index (χ4v) is 4.50. The van der Waals surface area contributed by atoms with E-state index in [0.29, 0.717) is 50.9 Å². The molecule has 0 saturated heterocycles. The predicted molar refractivity (Wildman–Crippen MR) is 136 cm³/mol. The van der Waals surface area contributed by atoms with E-state index in [1.54, 1.807) is 29.0 Å². The van der Waals surface area contributed by atoms with Gasteiger partial charge in [0.15, 0.2) is 17.1 Å². The number of rotatable bonds is 6. The van der Waals surface area contributed by atoms with Crippen molar-refractivity contribution in [2.24, 2.45) is 0 Å². The molecule has 9 heteroatoms. The number of halogens is 1. The minimum Gasteiger partial charge on any atom is -0.493 e. The molecule has 0 radical (unpaired) electrons. The molecule has 3 aromatic heterocycles. The number of hydrogen-bond donors (Lipinski definition) is 0. The molecular formula is C26H23ClN4O4. The van der Waals surface area contributed by atoms with Crippen LogP contribution in [0, 0.1) is 0 Å². The van der Waals surface area contributed by atoms with Crippen LogP contribution in [0.2, 0.25) is 5.02 Å². The summed E-state index contributed by atoms with van der Waals surface area (Å²) in [6, 6.07) is 12.9. The van der Waals surface area contributed by atoms with Crippen LogP contribution >= 0.6 is 11.6 Å². The van der Waals surface area contributed by atoms with E-state index in [9.17, 15) is 4.79 Å². The molecule has 35 heavy (non-hydrogen) atoms. The second-order valence-corrected chi connectivity index (χ2v) is 8.29. The van der Waals surface area contributed by atoms with E-state index in [2.05, 4.69) is 4.98 Å². The van der Waals surface area contributed by atoms with Crippen molar-refractivity contribution in [2.45, 2.75) is 13.3 Å². The van der Waals surface area contributed by atoms with Crippen LogP contribution < -0.4 is 19.8 Å². The molecule has 2 aromatic carbocycles. The molecule has 0 aliphatic rings. The first-order valence-electron chi connectivity index (χ1n) is 11.0. The van der Waals surface area contributed by atoms with Gasteiger partial charge in [0.2, 0.25) is 5.75 Å². The number of benzene rings is 2. The van der Waals surface area contributed by atoms with Crippen LogP contribution in [0.25, 0.3) is 33.4 Å². The summed E-state index contributed by atoms with van der Waals surface area (Å²) >= 11 is 6.24. The number of aryl methyl sites for hydroxylation is 1. The molecule has 0 spiro atoms. The van der Waals surface area contributed by atoms with Gasteiger partial charge < -0.3 is 14.2 Å². The van der Waals surface area contributed by atoms with E-state index < -0.39 is 0 Å². The first kappa shape index (κ1) is 22.7. The second kappa shape index (κ2) is 8.96. The maximum Gasteiger partial charge on any atom is 0.266 e. The molecule has 178 valence electrons. The quantitative estimate of drug-likeness (QED) is 0.335. The number of methoxy groups -OCH3 is 3. The Hall–Kier alpha value is -4.04. The molecule has 0 atom stereocenters. The van der Waals surface area contributed by atoms with Gasteiger partial charge in [0.25, 0.3) is 5.56 Å². The zero-order valence-electron chi connectivity index (χ0n) is 19.7. The lowest BCUT2D eigenvalue weighted by Gasteiger charge is -2.15. The van der Waals surface area contributed by atoms with E-state index >= 15 is 0 Å². The molecule has 0 bridgehead atoms. The van der Waals surface area contributed by atoms with Crippen molar-refractivity contribution < 1.29 is 14.2 Å². The van der Waals surface area contributed by atoms with Crippen LogP contribution in [-0.2, 0) is 6.42 Å². The molecule has 5 rings (SSSR count). The average Bonchev–Trinajstić information content (AvgIpc) is 3.27. The number of hydrogen-bond acceptors (Lipinski definition) is 6. The Labute approximate surface area is 206 Å². The lowest BCUT2D eigenvalue weighted by molar-refractivity contribution is 0.324. The van der Waals surface area contributed by atoms with Crippen molar-refractivity contribution in [3.8, 4) is 34.1 Å². The summed E-state index contributed by atoms with van der Waals surface area (Å²) in [6.45, 7) is 2.04. The summed E-state index contributed by atoms with van der Waals surface area (Å²) in [5.74, 6) is 1.36. The number of aromatic nitrogens is 4. The van der Waals surface area contributed by atoms with Crippen LogP contribution in [0.3, 0.4) is 0 Å². The molecule has 5 aromatic rings. The van der Waals surface area contributed by atoms with Crippen molar-refractivity contribution in [3.63, 3.8) is 0 Å². The summed E-state index contributed by atoms with van der Waals surface area (Å²) in [4.78, 5) is 18.2. The van der Waals surface area contributed by atoms with E-state index in [-0.39, 0.29) is 5.56 Å². The fraction of sp³-hybridized carbons (Fsp3) is 0.192. The first-order chi connectivity index (χ1) is 17.0. The third kappa shape index (κ3) is 3.66. The van der Waals surface area contributed by atoms with Crippen molar-refractivity contribution in [1.82, 2.24) is 19.2 Å². The Morgan fingerprint density at radius 3 is 2.37 bits per heavy atom. The molecule has 0 aliphatic carbocycles. The molecule has 0 fully saturated rings. The van der Waals surface area contributed by atoms with Gasteiger partial charge in [0.05, 0.1) is 43.6 Å². The Kier molecular flexibility index (Phi) is 5.82. The molecule has 0 aliphatic heterocycles. The predicted octanol–water partition coefficient (Wildman–Crippen LogP) is 4.94. The van der Waals surface area contributed by atoms with Crippen molar-refractivity contribution in [1.29, 1.82) is 0 Å². The van der Waals surface area contributed by atoms with E-state index in [1.165, 1.54) is 25.9 Å². The smallest absolute Gasteiger partial charge is 0.266 e. The Morgan fingerprint density at radius 2 is 1.74 bits per heavy atom. The molecule has 0 unspecified atom stereocenters. The van der Waals surface area contributed by atoms with Crippen LogP contribution in [0.5, 0.6) is 17.2 Å². The maximum absolute atomic E-state index is 13.6. The highest BCUT2D eigenvalue weighted by Crippen LogP contribution is 2.39. The molecule has 3 heterocycles. The lowest BCUT2D eigenvalue weighted by atomic mass is 10.0.